The molecule has 3 heterocycles. The number of hydrogen-bond donors (Lipinski definition) is 0. The lowest BCUT2D eigenvalue weighted by atomic mass is 10.1. The first kappa shape index (κ1) is 16.4. The van der Waals surface area contributed by atoms with E-state index in [0.717, 1.165) is 18.7 Å². The van der Waals surface area contributed by atoms with Crippen LogP contribution in [-0.2, 0) is 11.2 Å². The Bertz CT molecular complexity index is 672. The Balaban J connectivity index is 1.56. The highest BCUT2D eigenvalue weighted by Crippen LogP contribution is 2.16. The second kappa shape index (κ2) is 7.44. The molecule has 7 nitrogen and oxygen atoms in total. The molecule has 128 valence electrons. The first-order valence-electron chi connectivity index (χ1n) is 8.07. The average molecular weight is 330 g/mol. The van der Waals surface area contributed by atoms with Gasteiger partial charge in [-0.2, -0.15) is 0 Å². The molecule has 1 fully saturated rings. The van der Waals surface area contributed by atoms with Crippen LogP contribution in [0.25, 0.3) is 0 Å². The molecule has 7 heteroatoms. The number of nitrogens with zero attached hydrogens (tertiary/aromatic N) is 4. The maximum absolute atomic E-state index is 12.3. The number of ether oxygens (including phenoxy) is 1. The fourth-order valence-electron chi connectivity index (χ4n) is 2.75. The summed E-state index contributed by atoms with van der Waals surface area (Å²) >= 11 is 0. The number of anilines is 1. The predicted octanol–water partition coefficient (Wildman–Crippen LogP) is 1.61. The monoisotopic (exact) mass is 330 g/mol. The molecule has 0 bridgehead atoms. The second-order valence-corrected chi connectivity index (χ2v) is 6.08. The van der Waals surface area contributed by atoms with Gasteiger partial charge >= 0.3 is 0 Å². The van der Waals surface area contributed by atoms with Crippen molar-refractivity contribution in [3.8, 4) is 0 Å². The van der Waals surface area contributed by atoms with Crippen molar-refractivity contribution in [3.63, 3.8) is 0 Å². The molecule has 0 spiro atoms. The molecule has 2 aromatic heterocycles. The van der Waals surface area contributed by atoms with Gasteiger partial charge < -0.3 is 19.1 Å². The highest BCUT2D eigenvalue weighted by molar-refractivity contribution is 5.92. The maximum Gasteiger partial charge on any atom is 0.276 e. The van der Waals surface area contributed by atoms with E-state index in [1.54, 1.807) is 11.0 Å². The number of aromatic nitrogens is 2. The standard InChI is InChI=1S/C17H22N4O3/c1-20(2)16-11-13(5-7-18-16)3-4-14-12-21(8-10-23-14)17(22)15-6-9-24-19-15/h5-7,9,11,14H,3-4,8,10,12H2,1-2H3. The molecule has 0 aromatic carbocycles. The third-order valence-electron chi connectivity index (χ3n) is 4.11. The number of hydrogen-bond acceptors (Lipinski definition) is 6. The van der Waals surface area contributed by atoms with Gasteiger partial charge in [0, 0.05) is 39.4 Å². The van der Waals surface area contributed by atoms with Gasteiger partial charge in [0.25, 0.3) is 5.91 Å². The van der Waals surface area contributed by atoms with E-state index in [9.17, 15) is 4.79 Å². The number of amides is 1. The number of rotatable bonds is 5. The Hall–Kier alpha value is -2.41. The third-order valence-corrected chi connectivity index (χ3v) is 4.11. The SMILES string of the molecule is CN(C)c1cc(CCC2CN(C(=O)c3ccon3)CCO2)ccn1. The van der Waals surface area contributed by atoms with Crippen molar-refractivity contribution in [1.82, 2.24) is 15.0 Å². The minimum atomic E-state index is -0.101. The van der Waals surface area contributed by atoms with Gasteiger partial charge in [0.1, 0.15) is 12.1 Å². The first-order chi connectivity index (χ1) is 11.6. The number of carbonyl (C=O) groups is 1. The van der Waals surface area contributed by atoms with Crippen LogP contribution in [0.5, 0.6) is 0 Å². The lowest BCUT2D eigenvalue weighted by Crippen LogP contribution is -2.45. The van der Waals surface area contributed by atoms with E-state index < -0.39 is 0 Å². The van der Waals surface area contributed by atoms with Gasteiger partial charge in [-0.25, -0.2) is 4.98 Å². The van der Waals surface area contributed by atoms with Crippen LogP contribution in [0, 0.1) is 0 Å². The molecule has 1 aliphatic heterocycles. The summed E-state index contributed by atoms with van der Waals surface area (Å²) in [4.78, 5) is 20.4. The second-order valence-electron chi connectivity index (χ2n) is 6.08. The van der Waals surface area contributed by atoms with E-state index >= 15 is 0 Å². The van der Waals surface area contributed by atoms with Crippen LogP contribution < -0.4 is 4.90 Å². The van der Waals surface area contributed by atoms with Gasteiger partial charge in [-0.3, -0.25) is 4.79 Å². The number of pyridine rings is 1. The number of aryl methyl sites for hydroxylation is 1. The van der Waals surface area contributed by atoms with Gasteiger partial charge in [-0.05, 0) is 30.5 Å². The van der Waals surface area contributed by atoms with Crippen molar-refractivity contribution < 1.29 is 14.1 Å². The van der Waals surface area contributed by atoms with Gasteiger partial charge in [-0.15, -0.1) is 0 Å². The van der Waals surface area contributed by atoms with Gasteiger partial charge in [0.2, 0.25) is 0 Å². The van der Waals surface area contributed by atoms with Gasteiger partial charge in [0.15, 0.2) is 5.69 Å². The Morgan fingerprint density at radius 1 is 1.42 bits per heavy atom. The molecule has 1 amide bonds. The number of morpholine rings is 1. The summed E-state index contributed by atoms with van der Waals surface area (Å²) in [5, 5.41) is 3.72. The fraction of sp³-hybridized carbons (Fsp3) is 0.471. The van der Waals surface area contributed by atoms with Crippen LogP contribution in [0.1, 0.15) is 22.5 Å². The Kier molecular flexibility index (Phi) is 5.10. The van der Waals surface area contributed by atoms with E-state index in [0.29, 0.717) is 25.4 Å². The molecule has 2 aromatic rings. The lowest BCUT2D eigenvalue weighted by Gasteiger charge is -2.32. The van der Waals surface area contributed by atoms with E-state index in [4.69, 9.17) is 9.26 Å². The van der Waals surface area contributed by atoms with Crippen LogP contribution >= 0.6 is 0 Å². The molecule has 3 rings (SSSR count). The summed E-state index contributed by atoms with van der Waals surface area (Å²) in [6.07, 6.45) is 5.02. The van der Waals surface area contributed by atoms with Crippen molar-refractivity contribution in [2.45, 2.75) is 18.9 Å². The van der Waals surface area contributed by atoms with Crippen molar-refractivity contribution >= 4 is 11.7 Å². The van der Waals surface area contributed by atoms with Gasteiger partial charge in [0.05, 0.1) is 12.7 Å². The smallest absolute Gasteiger partial charge is 0.276 e. The molecule has 0 N–H and O–H groups in total. The van der Waals surface area contributed by atoms with Crippen LogP contribution in [0.2, 0.25) is 0 Å². The molecule has 0 aliphatic carbocycles. The zero-order valence-electron chi connectivity index (χ0n) is 14.0. The van der Waals surface area contributed by atoms with Crippen molar-refractivity contribution in [1.29, 1.82) is 0 Å². The molecule has 24 heavy (non-hydrogen) atoms. The van der Waals surface area contributed by atoms with E-state index in [1.807, 2.05) is 31.3 Å². The summed E-state index contributed by atoms with van der Waals surface area (Å²) in [6, 6.07) is 5.70. The topological polar surface area (TPSA) is 71.7 Å². The van der Waals surface area contributed by atoms with E-state index in [-0.39, 0.29) is 12.0 Å². The lowest BCUT2D eigenvalue weighted by molar-refractivity contribution is -0.0248. The molecule has 0 radical (unpaired) electrons. The molecule has 1 unspecified atom stereocenters. The minimum absolute atomic E-state index is 0.0329. The zero-order chi connectivity index (χ0) is 16.9. The molecular formula is C17H22N4O3. The quantitative estimate of drug-likeness (QED) is 0.829. The van der Waals surface area contributed by atoms with Crippen LogP contribution in [0.4, 0.5) is 5.82 Å². The largest absolute Gasteiger partial charge is 0.375 e. The first-order valence-corrected chi connectivity index (χ1v) is 8.07. The minimum Gasteiger partial charge on any atom is -0.375 e. The molecule has 1 aliphatic rings. The summed E-state index contributed by atoms with van der Waals surface area (Å²) < 4.78 is 10.6. The Labute approximate surface area is 141 Å². The van der Waals surface area contributed by atoms with Crippen LogP contribution in [0.15, 0.2) is 35.2 Å². The Morgan fingerprint density at radius 3 is 3.04 bits per heavy atom. The van der Waals surface area contributed by atoms with E-state index in [1.165, 1.54) is 11.8 Å². The van der Waals surface area contributed by atoms with E-state index in [2.05, 4.69) is 16.2 Å². The number of carbonyl (C=O) groups excluding carboxylic acids is 1. The molecule has 1 atom stereocenters. The average Bonchev–Trinajstić information content (AvgIpc) is 3.14. The van der Waals surface area contributed by atoms with Crippen LogP contribution in [-0.4, -0.2) is 60.8 Å². The summed E-state index contributed by atoms with van der Waals surface area (Å²) in [5.41, 5.74) is 1.57. The molecule has 1 saturated heterocycles. The normalized spacial score (nSPS) is 17.8. The fourth-order valence-corrected chi connectivity index (χ4v) is 2.75. The van der Waals surface area contributed by atoms with Crippen LogP contribution in [0.3, 0.4) is 0 Å². The summed E-state index contributed by atoms with van der Waals surface area (Å²) in [5.74, 6) is 0.843. The highest BCUT2D eigenvalue weighted by Gasteiger charge is 2.26. The van der Waals surface area contributed by atoms with Gasteiger partial charge in [-0.1, -0.05) is 5.16 Å². The predicted molar refractivity (Wildman–Crippen MR) is 89.0 cm³/mol. The van der Waals surface area contributed by atoms with Crippen molar-refractivity contribution in [3.05, 3.63) is 41.9 Å². The van der Waals surface area contributed by atoms with Crippen molar-refractivity contribution in [2.75, 3.05) is 38.7 Å². The molecule has 0 saturated carbocycles. The summed E-state index contributed by atoms with van der Waals surface area (Å²) in [6.45, 7) is 1.72. The molecular weight excluding hydrogens is 308 g/mol. The zero-order valence-corrected chi connectivity index (χ0v) is 14.0. The third kappa shape index (κ3) is 3.91. The Morgan fingerprint density at radius 2 is 2.29 bits per heavy atom. The maximum atomic E-state index is 12.3. The van der Waals surface area contributed by atoms with Crippen molar-refractivity contribution in [2.24, 2.45) is 0 Å². The highest BCUT2D eigenvalue weighted by atomic mass is 16.5. The summed E-state index contributed by atoms with van der Waals surface area (Å²) in [7, 11) is 3.95.